The van der Waals surface area contributed by atoms with E-state index in [9.17, 15) is 0 Å². The van der Waals surface area contributed by atoms with Gasteiger partial charge in [-0.1, -0.05) is 6.08 Å². The van der Waals surface area contributed by atoms with Gasteiger partial charge in [-0.2, -0.15) is 0 Å². The number of hydrogen-bond donors (Lipinski definition) is 1. The summed E-state index contributed by atoms with van der Waals surface area (Å²) in [4.78, 5) is 1.94. The van der Waals surface area contributed by atoms with Crippen molar-refractivity contribution in [1.82, 2.24) is 4.90 Å². The van der Waals surface area contributed by atoms with E-state index in [-0.39, 0.29) is 54.1 Å². The van der Waals surface area contributed by atoms with Crippen LogP contribution in [-0.2, 0) is 0 Å². The normalized spacial score (nSPS) is 21.4. The summed E-state index contributed by atoms with van der Waals surface area (Å²) in [6, 6.07) is 0. The van der Waals surface area contributed by atoms with E-state index in [1.54, 1.807) is 0 Å². The van der Waals surface area contributed by atoms with Gasteiger partial charge in [0.15, 0.2) is 0 Å². The molecule has 0 saturated carbocycles. The van der Waals surface area contributed by atoms with Gasteiger partial charge in [-0.15, -0.1) is 48.0 Å². The standard InChI is InChI=1S/C6H10N2.2HI/c1-8-5-3-2-4-6(8)7;;/h2-6H,7H2,1H3;2*1H. The van der Waals surface area contributed by atoms with Crippen LogP contribution in [0.3, 0.4) is 0 Å². The van der Waals surface area contributed by atoms with E-state index in [1.165, 1.54) is 0 Å². The van der Waals surface area contributed by atoms with Crippen LogP contribution >= 0.6 is 48.0 Å². The Kier molecular flexibility index (Phi) is 8.53. The number of allylic oxidation sites excluding steroid dienone is 2. The van der Waals surface area contributed by atoms with Crippen molar-refractivity contribution in [2.45, 2.75) is 6.17 Å². The summed E-state index contributed by atoms with van der Waals surface area (Å²) in [5.41, 5.74) is 5.57. The molecule has 4 heteroatoms. The fourth-order valence-electron chi connectivity index (χ4n) is 0.599. The Hall–Kier alpha value is 0.700. The van der Waals surface area contributed by atoms with Crippen LogP contribution < -0.4 is 5.73 Å². The minimum atomic E-state index is 0. The monoisotopic (exact) mass is 366 g/mol. The molecule has 0 aromatic carbocycles. The van der Waals surface area contributed by atoms with E-state index in [0.29, 0.717) is 0 Å². The van der Waals surface area contributed by atoms with Crippen LogP contribution in [-0.4, -0.2) is 18.1 Å². The average Bonchev–Trinajstić information content (AvgIpc) is 1.77. The van der Waals surface area contributed by atoms with Crippen LogP contribution in [0.2, 0.25) is 0 Å². The first-order valence-corrected chi connectivity index (χ1v) is 2.63. The summed E-state index contributed by atoms with van der Waals surface area (Å²) in [6.45, 7) is 0. The van der Waals surface area contributed by atoms with E-state index >= 15 is 0 Å². The maximum atomic E-state index is 5.57. The lowest BCUT2D eigenvalue weighted by Gasteiger charge is -2.21. The molecule has 0 radical (unpaired) electrons. The van der Waals surface area contributed by atoms with Gasteiger partial charge in [-0.3, -0.25) is 0 Å². The molecule has 1 rings (SSSR count). The molecule has 0 aromatic rings. The number of nitrogens with zero attached hydrogens (tertiary/aromatic N) is 1. The molecular weight excluding hydrogens is 354 g/mol. The van der Waals surface area contributed by atoms with Gasteiger partial charge < -0.3 is 10.6 Å². The predicted molar refractivity (Wildman–Crippen MR) is 64.8 cm³/mol. The van der Waals surface area contributed by atoms with Crippen molar-refractivity contribution in [2.24, 2.45) is 5.73 Å². The Morgan fingerprint density at radius 3 is 2.20 bits per heavy atom. The van der Waals surface area contributed by atoms with Crippen molar-refractivity contribution in [3.05, 3.63) is 24.4 Å². The summed E-state index contributed by atoms with van der Waals surface area (Å²) in [5, 5.41) is 0. The van der Waals surface area contributed by atoms with Gasteiger partial charge in [0.25, 0.3) is 0 Å². The lowest BCUT2D eigenvalue weighted by atomic mass is 10.3. The van der Waals surface area contributed by atoms with Crippen molar-refractivity contribution in [3.8, 4) is 0 Å². The quantitative estimate of drug-likeness (QED) is 0.659. The van der Waals surface area contributed by atoms with Crippen LogP contribution in [0.25, 0.3) is 0 Å². The van der Waals surface area contributed by atoms with Gasteiger partial charge in [0.1, 0.15) is 0 Å². The summed E-state index contributed by atoms with van der Waals surface area (Å²) >= 11 is 0. The van der Waals surface area contributed by atoms with Gasteiger partial charge in [0.05, 0.1) is 6.17 Å². The van der Waals surface area contributed by atoms with E-state index in [1.807, 2.05) is 36.4 Å². The highest BCUT2D eigenvalue weighted by Gasteiger charge is 2.00. The van der Waals surface area contributed by atoms with E-state index < -0.39 is 0 Å². The van der Waals surface area contributed by atoms with E-state index in [2.05, 4.69) is 0 Å². The van der Waals surface area contributed by atoms with Crippen molar-refractivity contribution < 1.29 is 0 Å². The Morgan fingerprint density at radius 2 is 1.90 bits per heavy atom. The highest BCUT2D eigenvalue weighted by molar-refractivity contribution is 14.0. The van der Waals surface area contributed by atoms with E-state index in [4.69, 9.17) is 5.73 Å². The molecule has 0 spiro atoms. The molecule has 0 saturated heterocycles. The Bertz CT molecular complexity index is 118. The zero-order chi connectivity index (χ0) is 5.98. The molecule has 0 amide bonds. The summed E-state index contributed by atoms with van der Waals surface area (Å²) in [5.74, 6) is 0. The molecule has 0 bridgehead atoms. The van der Waals surface area contributed by atoms with Crippen LogP contribution in [0.5, 0.6) is 0 Å². The molecule has 0 aliphatic carbocycles. The Labute approximate surface area is 95.6 Å². The zero-order valence-electron chi connectivity index (χ0n) is 5.73. The van der Waals surface area contributed by atoms with Crippen LogP contribution in [0.4, 0.5) is 0 Å². The maximum Gasteiger partial charge on any atom is 0.0956 e. The Balaban J connectivity index is 0. The highest BCUT2D eigenvalue weighted by atomic mass is 127. The highest BCUT2D eigenvalue weighted by Crippen LogP contribution is 1.97. The van der Waals surface area contributed by atoms with Crippen molar-refractivity contribution in [2.75, 3.05) is 7.05 Å². The largest absolute Gasteiger partial charge is 0.362 e. The molecule has 1 unspecified atom stereocenters. The minimum absolute atomic E-state index is 0. The van der Waals surface area contributed by atoms with Crippen LogP contribution in [0, 0.1) is 0 Å². The topological polar surface area (TPSA) is 29.3 Å². The lowest BCUT2D eigenvalue weighted by Crippen LogP contribution is -2.34. The fraction of sp³-hybridized carbons (Fsp3) is 0.333. The molecule has 0 fully saturated rings. The molecule has 10 heavy (non-hydrogen) atoms. The number of halogens is 2. The number of hydrogen-bond acceptors (Lipinski definition) is 2. The molecule has 0 aromatic heterocycles. The fourth-order valence-corrected chi connectivity index (χ4v) is 0.599. The maximum absolute atomic E-state index is 5.57. The second-order valence-corrected chi connectivity index (χ2v) is 1.88. The first-order valence-electron chi connectivity index (χ1n) is 2.63. The molecular formula is C6H12I2N2. The van der Waals surface area contributed by atoms with Crippen molar-refractivity contribution in [1.29, 1.82) is 0 Å². The Morgan fingerprint density at radius 1 is 1.30 bits per heavy atom. The van der Waals surface area contributed by atoms with Crippen molar-refractivity contribution in [3.63, 3.8) is 0 Å². The van der Waals surface area contributed by atoms with Gasteiger partial charge in [0.2, 0.25) is 0 Å². The number of likely N-dealkylation sites (N-methyl/N-ethyl adjacent to an activating group) is 1. The summed E-state index contributed by atoms with van der Waals surface area (Å²) < 4.78 is 0. The SMILES string of the molecule is CN1C=CC=CC1N.I.I. The molecule has 1 atom stereocenters. The molecule has 2 nitrogen and oxygen atoms in total. The second kappa shape index (κ2) is 6.41. The predicted octanol–water partition coefficient (Wildman–Crippen LogP) is 1.52. The third-order valence-corrected chi connectivity index (χ3v) is 1.21. The minimum Gasteiger partial charge on any atom is -0.362 e. The molecule has 1 aliphatic heterocycles. The van der Waals surface area contributed by atoms with Gasteiger partial charge in [-0.25, -0.2) is 0 Å². The first kappa shape index (κ1) is 13.3. The average molecular weight is 366 g/mol. The second-order valence-electron chi connectivity index (χ2n) is 1.88. The number of nitrogens with two attached hydrogens (primary N) is 1. The van der Waals surface area contributed by atoms with Crippen molar-refractivity contribution >= 4 is 48.0 Å². The first-order chi connectivity index (χ1) is 3.80. The van der Waals surface area contributed by atoms with Crippen LogP contribution in [0.15, 0.2) is 24.4 Å². The van der Waals surface area contributed by atoms with E-state index in [0.717, 1.165) is 0 Å². The van der Waals surface area contributed by atoms with Gasteiger partial charge in [-0.05, 0) is 12.2 Å². The molecule has 2 N–H and O–H groups in total. The molecule has 60 valence electrons. The third kappa shape index (κ3) is 3.77. The number of rotatable bonds is 0. The summed E-state index contributed by atoms with van der Waals surface area (Å²) in [6.07, 6.45) is 7.87. The molecule has 1 aliphatic rings. The van der Waals surface area contributed by atoms with Gasteiger partial charge >= 0.3 is 0 Å². The summed E-state index contributed by atoms with van der Waals surface area (Å²) in [7, 11) is 1.95. The lowest BCUT2D eigenvalue weighted by molar-refractivity contribution is 0.389. The smallest absolute Gasteiger partial charge is 0.0956 e. The molecule has 1 heterocycles. The zero-order valence-corrected chi connectivity index (χ0v) is 10.4. The third-order valence-electron chi connectivity index (χ3n) is 1.21. The van der Waals surface area contributed by atoms with Crippen LogP contribution in [0.1, 0.15) is 0 Å². The van der Waals surface area contributed by atoms with Gasteiger partial charge in [0, 0.05) is 13.2 Å².